The number of rotatable bonds is 6. The van der Waals surface area contributed by atoms with Crippen LogP contribution in [0.2, 0.25) is 5.02 Å². The third-order valence-corrected chi connectivity index (χ3v) is 4.54. The number of nitrogens with zero attached hydrogens (tertiary/aromatic N) is 1. The van der Waals surface area contributed by atoms with E-state index in [1.54, 1.807) is 0 Å². The highest BCUT2D eigenvalue weighted by Crippen LogP contribution is 2.36. The van der Waals surface area contributed by atoms with E-state index >= 15 is 0 Å². The van der Waals surface area contributed by atoms with Crippen molar-refractivity contribution in [3.8, 4) is 0 Å². The van der Waals surface area contributed by atoms with Gasteiger partial charge in [0.25, 0.3) is 0 Å². The normalized spacial score (nSPS) is 12.4. The van der Waals surface area contributed by atoms with E-state index in [0.717, 1.165) is 17.7 Å². The number of anilines is 1. The maximum Gasteiger partial charge on any atom is 0.417 e. The number of halogens is 4. The number of likely N-dealkylation sites (N-methyl/N-ethyl adjacent to an activating group) is 1. The van der Waals surface area contributed by atoms with Crippen LogP contribution in [0.4, 0.5) is 18.9 Å². The Hall–Kier alpha value is -2.54. The van der Waals surface area contributed by atoms with E-state index in [1.165, 1.54) is 18.0 Å². The average Bonchev–Trinajstić information content (AvgIpc) is 2.62. The van der Waals surface area contributed by atoms with Gasteiger partial charge in [-0.05, 0) is 29.7 Å². The maximum atomic E-state index is 12.9. The minimum absolute atomic E-state index is 0.0233. The monoisotopic (exact) mass is 412 g/mol. The molecule has 0 aromatic heterocycles. The molecule has 1 atom stereocenters. The van der Waals surface area contributed by atoms with Crippen LogP contribution in [0.1, 0.15) is 30.4 Å². The molecule has 0 radical (unpaired) electrons. The molecule has 0 aliphatic heterocycles. The highest BCUT2D eigenvalue weighted by Gasteiger charge is 2.33. The Morgan fingerprint density at radius 2 is 1.79 bits per heavy atom. The van der Waals surface area contributed by atoms with Gasteiger partial charge in [0.2, 0.25) is 11.8 Å². The van der Waals surface area contributed by atoms with Crippen LogP contribution in [0.5, 0.6) is 0 Å². The van der Waals surface area contributed by atoms with Crippen LogP contribution in [0, 0.1) is 0 Å². The van der Waals surface area contributed by atoms with Crippen LogP contribution < -0.4 is 5.32 Å². The molecule has 0 bridgehead atoms. The molecule has 0 spiro atoms. The Labute approximate surface area is 166 Å². The molecule has 0 fully saturated rings. The van der Waals surface area contributed by atoms with Crippen molar-refractivity contribution in [2.45, 2.75) is 25.4 Å². The van der Waals surface area contributed by atoms with Crippen LogP contribution in [0.25, 0.3) is 0 Å². The molecule has 0 saturated carbocycles. The zero-order valence-electron chi connectivity index (χ0n) is 15.4. The highest BCUT2D eigenvalue weighted by atomic mass is 35.5. The number of nitrogens with one attached hydrogen (secondary N) is 1. The van der Waals surface area contributed by atoms with Crippen molar-refractivity contribution in [3.63, 3.8) is 0 Å². The minimum Gasteiger partial charge on any atom is -0.336 e. The summed E-state index contributed by atoms with van der Waals surface area (Å²) in [6.07, 6.45) is -4.41. The van der Waals surface area contributed by atoms with Crippen LogP contribution in [-0.4, -0.2) is 30.3 Å². The van der Waals surface area contributed by atoms with Gasteiger partial charge in [-0.3, -0.25) is 9.59 Å². The molecule has 150 valence electrons. The lowest BCUT2D eigenvalue weighted by molar-refractivity contribution is -0.137. The number of alkyl halides is 3. The van der Waals surface area contributed by atoms with Crippen molar-refractivity contribution < 1.29 is 22.8 Å². The quantitative estimate of drug-likeness (QED) is 0.729. The molecule has 28 heavy (non-hydrogen) atoms. The zero-order chi connectivity index (χ0) is 20.9. The highest BCUT2D eigenvalue weighted by molar-refractivity contribution is 6.31. The second-order valence-electron chi connectivity index (χ2n) is 6.51. The Morgan fingerprint density at radius 3 is 2.39 bits per heavy atom. The number of hydrogen-bond acceptors (Lipinski definition) is 2. The first-order valence-corrected chi connectivity index (χ1v) is 8.91. The molecule has 8 heteroatoms. The SMILES string of the molecule is C[C@H](CC(=O)N(C)CC(=O)Nc1ccc(Cl)c(C(F)(F)F)c1)c1ccccc1. The van der Waals surface area contributed by atoms with Crippen LogP contribution in [0.15, 0.2) is 48.5 Å². The van der Waals surface area contributed by atoms with Gasteiger partial charge in [-0.25, -0.2) is 0 Å². The molecule has 0 saturated heterocycles. The second kappa shape index (κ2) is 9.10. The first kappa shape index (κ1) is 21.8. The summed E-state index contributed by atoms with van der Waals surface area (Å²) < 4.78 is 38.7. The van der Waals surface area contributed by atoms with Crippen molar-refractivity contribution in [3.05, 3.63) is 64.7 Å². The van der Waals surface area contributed by atoms with E-state index in [1.807, 2.05) is 37.3 Å². The second-order valence-corrected chi connectivity index (χ2v) is 6.91. The Kier molecular flexibility index (Phi) is 7.07. The van der Waals surface area contributed by atoms with Gasteiger partial charge in [0.05, 0.1) is 17.1 Å². The predicted octanol–water partition coefficient (Wildman–Crippen LogP) is 4.95. The first-order valence-electron chi connectivity index (χ1n) is 8.53. The number of carbonyl (C=O) groups is 2. The summed E-state index contributed by atoms with van der Waals surface area (Å²) in [7, 11) is 1.47. The molecule has 0 aliphatic rings. The van der Waals surface area contributed by atoms with E-state index in [0.29, 0.717) is 0 Å². The molecular formula is C20H20ClF3N2O2. The van der Waals surface area contributed by atoms with Crippen molar-refractivity contribution >= 4 is 29.1 Å². The first-order chi connectivity index (χ1) is 13.1. The molecular weight excluding hydrogens is 393 g/mol. The topological polar surface area (TPSA) is 49.4 Å². The smallest absolute Gasteiger partial charge is 0.336 e. The fourth-order valence-electron chi connectivity index (χ4n) is 2.64. The van der Waals surface area contributed by atoms with E-state index in [2.05, 4.69) is 5.32 Å². The fourth-order valence-corrected chi connectivity index (χ4v) is 2.87. The summed E-state index contributed by atoms with van der Waals surface area (Å²) in [5, 5.41) is 1.91. The van der Waals surface area contributed by atoms with Crippen molar-refractivity contribution in [2.24, 2.45) is 0 Å². The summed E-state index contributed by atoms with van der Waals surface area (Å²) in [6, 6.07) is 12.6. The van der Waals surface area contributed by atoms with Gasteiger partial charge in [-0.2, -0.15) is 13.2 Å². The standard InChI is InChI=1S/C20H20ClF3N2O2/c1-13(14-6-4-3-5-7-14)10-19(28)26(2)12-18(27)25-15-8-9-17(21)16(11-15)20(22,23)24/h3-9,11,13H,10,12H2,1-2H3,(H,25,27)/t13-/m1/s1. The van der Waals surface area contributed by atoms with E-state index < -0.39 is 22.7 Å². The summed E-state index contributed by atoms with van der Waals surface area (Å²) in [6.45, 7) is 1.64. The van der Waals surface area contributed by atoms with Gasteiger partial charge in [-0.1, -0.05) is 48.9 Å². The van der Waals surface area contributed by atoms with Gasteiger partial charge in [-0.15, -0.1) is 0 Å². The molecule has 0 heterocycles. The van der Waals surface area contributed by atoms with Crippen molar-refractivity contribution in [2.75, 3.05) is 18.9 Å². The minimum atomic E-state index is -4.63. The summed E-state index contributed by atoms with van der Waals surface area (Å²) in [4.78, 5) is 25.7. The van der Waals surface area contributed by atoms with Crippen LogP contribution in [-0.2, 0) is 15.8 Å². The summed E-state index contributed by atoms with van der Waals surface area (Å²) >= 11 is 5.56. The Balaban J connectivity index is 1.94. The lowest BCUT2D eigenvalue weighted by Gasteiger charge is -2.20. The third kappa shape index (κ3) is 5.99. The van der Waals surface area contributed by atoms with Gasteiger partial charge in [0, 0.05) is 19.2 Å². The third-order valence-electron chi connectivity index (χ3n) is 4.21. The van der Waals surface area contributed by atoms with E-state index in [9.17, 15) is 22.8 Å². The molecule has 0 unspecified atom stereocenters. The molecule has 2 aromatic rings. The lowest BCUT2D eigenvalue weighted by atomic mass is 9.97. The molecule has 2 rings (SSSR count). The summed E-state index contributed by atoms with van der Waals surface area (Å²) in [5.41, 5.74) is -0.0668. The van der Waals surface area contributed by atoms with Crippen LogP contribution >= 0.6 is 11.6 Å². The number of hydrogen-bond donors (Lipinski definition) is 1. The van der Waals surface area contributed by atoms with E-state index in [4.69, 9.17) is 11.6 Å². The van der Waals surface area contributed by atoms with Gasteiger partial charge in [0.1, 0.15) is 0 Å². The predicted molar refractivity (Wildman–Crippen MR) is 102 cm³/mol. The van der Waals surface area contributed by atoms with Crippen molar-refractivity contribution in [1.82, 2.24) is 4.90 Å². The van der Waals surface area contributed by atoms with Gasteiger partial charge >= 0.3 is 6.18 Å². The Bertz CT molecular complexity index is 841. The zero-order valence-corrected chi connectivity index (χ0v) is 16.1. The molecule has 2 amide bonds. The molecule has 1 N–H and O–H groups in total. The van der Waals surface area contributed by atoms with E-state index in [-0.39, 0.29) is 30.5 Å². The maximum absolute atomic E-state index is 12.9. The van der Waals surface area contributed by atoms with Gasteiger partial charge in [0.15, 0.2) is 0 Å². The Morgan fingerprint density at radius 1 is 1.14 bits per heavy atom. The number of amides is 2. The lowest BCUT2D eigenvalue weighted by Crippen LogP contribution is -2.35. The van der Waals surface area contributed by atoms with Gasteiger partial charge < -0.3 is 10.2 Å². The average molecular weight is 413 g/mol. The number of carbonyl (C=O) groups excluding carboxylic acids is 2. The van der Waals surface area contributed by atoms with Crippen molar-refractivity contribution in [1.29, 1.82) is 0 Å². The summed E-state index contributed by atoms with van der Waals surface area (Å²) in [5.74, 6) is -0.859. The molecule has 0 aliphatic carbocycles. The largest absolute Gasteiger partial charge is 0.417 e. The number of benzene rings is 2. The fraction of sp³-hybridized carbons (Fsp3) is 0.300. The van der Waals surface area contributed by atoms with Crippen LogP contribution in [0.3, 0.4) is 0 Å². The molecule has 4 nitrogen and oxygen atoms in total. The molecule has 2 aromatic carbocycles.